The summed E-state index contributed by atoms with van der Waals surface area (Å²) in [7, 11) is 0. The van der Waals surface area contributed by atoms with Gasteiger partial charge in [-0.1, -0.05) is 42.8 Å². The third kappa shape index (κ3) is 3.58. The van der Waals surface area contributed by atoms with Gasteiger partial charge in [-0.25, -0.2) is 0 Å². The van der Waals surface area contributed by atoms with E-state index in [4.69, 9.17) is 0 Å². The van der Waals surface area contributed by atoms with Crippen molar-refractivity contribution in [2.24, 2.45) is 0 Å². The molecule has 0 spiro atoms. The van der Waals surface area contributed by atoms with E-state index in [2.05, 4.69) is 68.4 Å². The second-order valence-corrected chi connectivity index (χ2v) is 4.66. The second kappa shape index (κ2) is 8.07. The predicted octanol–water partition coefficient (Wildman–Crippen LogP) is -1.15. The number of hydrogen-bond acceptors (Lipinski definition) is 0. The van der Waals surface area contributed by atoms with Gasteiger partial charge in [0.1, 0.15) is 0 Å². The van der Waals surface area contributed by atoms with E-state index in [0.717, 1.165) is 0 Å². The topological polar surface area (TPSA) is 0 Å². The summed E-state index contributed by atoms with van der Waals surface area (Å²) >= 11 is 0. The summed E-state index contributed by atoms with van der Waals surface area (Å²) in [6.45, 7) is 4.32. The number of benzene rings is 2. The van der Waals surface area contributed by atoms with E-state index in [-0.39, 0.29) is 50.7 Å². The Morgan fingerprint density at radius 2 is 1.45 bits per heavy atom. The smallest absolute Gasteiger partial charge is 0 e. The van der Waals surface area contributed by atoms with Crippen molar-refractivity contribution in [3.05, 3.63) is 65.7 Å². The number of rotatable bonds is 1. The monoisotopic (exact) mass is 469 g/mol. The minimum Gasteiger partial charge on any atom is -1.00 e. The van der Waals surface area contributed by atoms with E-state index < -0.39 is 0 Å². The minimum atomic E-state index is 0. The summed E-state index contributed by atoms with van der Waals surface area (Å²) in [6, 6.07) is 19.6. The normalized spacial score (nSPS) is 9.30. The number of fused-ring (bicyclic) bond motifs is 1. The maximum atomic E-state index is 2.27. The average Bonchev–Trinajstić information content (AvgIpc) is 2.70. The Balaban J connectivity index is 0.00000120. The Morgan fingerprint density at radius 3 is 2.15 bits per heavy atom. The Labute approximate surface area is 151 Å². The SMILES string of the molecule is Cc1cc2c(-c3ccccc3C)cccc2[cH-]1.[Cl-].[Cl-].[Hf]. The molecular weight excluding hydrogens is 454 g/mol. The molecule has 0 fully saturated rings. The molecule has 3 aromatic carbocycles. The Kier molecular flexibility index (Phi) is 7.87. The molecule has 0 N–H and O–H groups in total. The van der Waals surface area contributed by atoms with E-state index in [1.807, 2.05) is 0 Å². The van der Waals surface area contributed by atoms with E-state index in [0.29, 0.717) is 0 Å². The molecule has 0 saturated carbocycles. The quantitative estimate of drug-likeness (QED) is 0.313. The van der Waals surface area contributed by atoms with Crippen LogP contribution >= 0.6 is 0 Å². The van der Waals surface area contributed by atoms with Gasteiger partial charge in [-0.15, -0.1) is 34.5 Å². The van der Waals surface area contributed by atoms with Crippen molar-refractivity contribution >= 4 is 10.8 Å². The van der Waals surface area contributed by atoms with E-state index in [9.17, 15) is 0 Å². The number of hydrogen-bond donors (Lipinski definition) is 0. The van der Waals surface area contributed by atoms with Crippen LogP contribution in [0.5, 0.6) is 0 Å². The largest absolute Gasteiger partial charge is 1.00 e. The van der Waals surface area contributed by atoms with E-state index in [1.165, 1.54) is 33.0 Å². The van der Waals surface area contributed by atoms with Crippen molar-refractivity contribution in [1.29, 1.82) is 0 Å². The molecule has 0 bridgehead atoms. The first-order valence-electron chi connectivity index (χ1n) is 5.98. The molecule has 3 rings (SSSR count). The third-order valence-electron chi connectivity index (χ3n) is 3.33. The molecule has 3 aromatic rings. The Bertz CT molecular complexity index is 686. The molecule has 0 unspecified atom stereocenters. The van der Waals surface area contributed by atoms with Gasteiger partial charge in [0.2, 0.25) is 0 Å². The van der Waals surface area contributed by atoms with Crippen LogP contribution in [0.25, 0.3) is 21.9 Å². The second-order valence-electron chi connectivity index (χ2n) is 4.66. The fourth-order valence-electron chi connectivity index (χ4n) is 2.49. The molecular formula is C17H15Cl2Hf-3. The Hall–Kier alpha value is -0.500. The standard InChI is InChI=1S/C17H15.2ClH.Hf/c1-12-10-14-7-5-9-16(17(14)11-12)15-8-4-3-6-13(15)2;;;/h3-11H,1-2H3;2*1H;/q-1;;;/p-2. The molecule has 0 aliphatic rings. The zero-order valence-electron chi connectivity index (χ0n) is 11.5. The molecule has 0 nitrogen and oxygen atoms in total. The van der Waals surface area contributed by atoms with Crippen LogP contribution < -0.4 is 24.8 Å². The summed E-state index contributed by atoms with van der Waals surface area (Å²) in [6.07, 6.45) is 0. The summed E-state index contributed by atoms with van der Waals surface area (Å²) < 4.78 is 0. The van der Waals surface area contributed by atoms with Crippen LogP contribution in [-0.2, 0) is 25.8 Å². The van der Waals surface area contributed by atoms with Gasteiger partial charge in [-0.05, 0) is 18.1 Å². The molecule has 0 radical (unpaired) electrons. The molecule has 3 heteroatoms. The van der Waals surface area contributed by atoms with E-state index >= 15 is 0 Å². The fraction of sp³-hybridized carbons (Fsp3) is 0.118. The molecule has 0 aromatic heterocycles. The van der Waals surface area contributed by atoms with Gasteiger partial charge in [0.05, 0.1) is 0 Å². The van der Waals surface area contributed by atoms with Crippen LogP contribution in [0.1, 0.15) is 11.1 Å². The van der Waals surface area contributed by atoms with Crippen molar-refractivity contribution in [3.63, 3.8) is 0 Å². The van der Waals surface area contributed by atoms with Crippen molar-refractivity contribution in [2.75, 3.05) is 0 Å². The molecule has 0 aliphatic heterocycles. The van der Waals surface area contributed by atoms with Gasteiger partial charge >= 0.3 is 0 Å². The maximum absolute atomic E-state index is 2.27. The molecule has 0 aliphatic carbocycles. The van der Waals surface area contributed by atoms with Crippen molar-refractivity contribution in [1.82, 2.24) is 0 Å². The third-order valence-corrected chi connectivity index (χ3v) is 3.33. The zero-order chi connectivity index (χ0) is 11.8. The van der Waals surface area contributed by atoms with Crippen LogP contribution in [0.15, 0.2) is 54.6 Å². The summed E-state index contributed by atoms with van der Waals surface area (Å²) in [5.74, 6) is 0. The first-order valence-corrected chi connectivity index (χ1v) is 5.98. The summed E-state index contributed by atoms with van der Waals surface area (Å²) in [4.78, 5) is 0. The van der Waals surface area contributed by atoms with Gasteiger partial charge in [0.15, 0.2) is 0 Å². The molecule has 0 heterocycles. The van der Waals surface area contributed by atoms with Gasteiger partial charge in [0.25, 0.3) is 0 Å². The van der Waals surface area contributed by atoms with E-state index in [1.54, 1.807) is 0 Å². The van der Waals surface area contributed by atoms with Crippen LogP contribution in [0, 0.1) is 13.8 Å². The van der Waals surface area contributed by atoms with Crippen molar-refractivity contribution < 1.29 is 50.7 Å². The van der Waals surface area contributed by atoms with Gasteiger partial charge in [-0.2, -0.15) is 6.07 Å². The van der Waals surface area contributed by atoms with Gasteiger partial charge in [0, 0.05) is 25.8 Å². The maximum Gasteiger partial charge on any atom is 0 e. The van der Waals surface area contributed by atoms with Crippen LogP contribution in [0.2, 0.25) is 0 Å². The molecule has 104 valence electrons. The van der Waals surface area contributed by atoms with Crippen molar-refractivity contribution in [2.45, 2.75) is 13.8 Å². The molecule has 0 saturated heterocycles. The fourth-order valence-corrected chi connectivity index (χ4v) is 2.49. The number of halogens is 2. The van der Waals surface area contributed by atoms with Crippen LogP contribution in [-0.4, -0.2) is 0 Å². The van der Waals surface area contributed by atoms with Crippen LogP contribution in [0.4, 0.5) is 0 Å². The van der Waals surface area contributed by atoms with Crippen LogP contribution in [0.3, 0.4) is 0 Å². The van der Waals surface area contributed by atoms with Gasteiger partial charge in [-0.3, -0.25) is 0 Å². The Morgan fingerprint density at radius 1 is 0.800 bits per heavy atom. The van der Waals surface area contributed by atoms with Crippen molar-refractivity contribution in [3.8, 4) is 11.1 Å². The zero-order valence-corrected chi connectivity index (χ0v) is 16.6. The molecule has 0 atom stereocenters. The first-order chi connectivity index (χ1) is 8.25. The first kappa shape index (κ1) is 19.5. The molecule has 20 heavy (non-hydrogen) atoms. The van der Waals surface area contributed by atoms with Gasteiger partial charge < -0.3 is 24.8 Å². The summed E-state index contributed by atoms with van der Waals surface area (Å²) in [5.41, 5.74) is 5.34. The summed E-state index contributed by atoms with van der Waals surface area (Å²) in [5, 5.41) is 2.70. The molecule has 0 amide bonds. The number of aryl methyl sites for hydroxylation is 2. The average molecular weight is 469 g/mol. The minimum absolute atomic E-state index is 0. The predicted molar refractivity (Wildman–Crippen MR) is 74.5 cm³/mol.